The van der Waals surface area contributed by atoms with E-state index < -0.39 is 24.1 Å². The average Bonchev–Trinajstić information content (AvgIpc) is 3.06. The fourth-order valence-electron chi connectivity index (χ4n) is 1.90. The first-order valence-corrected chi connectivity index (χ1v) is 6.88. The molecule has 0 saturated carbocycles. The molecular weight excluding hydrogens is 302 g/mol. The average molecular weight is 319 g/mol. The molecule has 1 atom stereocenters. The molecule has 7 heteroatoms. The van der Waals surface area contributed by atoms with Crippen LogP contribution in [0.4, 0.5) is 0 Å². The van der Waals surface area contributed by atoms with E-state index in [1.807, 2.05) is 0 Å². The Morgan fingerprint density at radius 2 is 2.09 bits per heavy atom. The standard InChI is InChI=1S/C16H17NO6/c1-16(21,13-6-3-7-22-13)10-17-15(20)11-4-2-5-12(8-11)23-9-14(18)19/h2-8,21H,9-10H2,1H3,(H,17,20)(H,18,19). The summed E-state index contributed by atoms with van der Waals surface area (Å²) in [5.41, 5.74) is -1.04. The largest absolute Gasteiger partial charge is 0.482 e. The number of furan rings is 1. The van der Waals surface area contributed by atoms with Gasteiger partial charge < -0.3 is 24.7 Å². The van der Waals surface area contributed by atoms with Gasteiger partial charge in [0, 0.05) is 5.56 Å². The first-order chi connectivity index (χ1) is 10.9. The lowest BCUT2D eigenvalue weighted by atomic mass is 10.0. The Morgan fingerprint density at radius 3 is 2.74 bits per heavy atom. The van der Waals surface area contributed by atoms with Crippen LogP contribution in [0.5, 0.6) is 5.75 Å². The van der Waals surface area contributed by atoms with E-state index in [9.17, 15) is 14.7 Å². The molecule has 0 spiro atoms. The Kier molecular flexibility index (Phi) is 5.02. The molecule has 0 radical (unpaired) electrons. The number of hydrogen-bond donors (Lipinski definition) is 3. The fraction of sp³-hybridized carbons (Fsp3) is 0.250. The first-order valence-electron chi connectivity index (χ1n) is 6.88. The Bertz CT molecular complexity index is 678. The van der Waals surface area contributed by atoms with E-state index >= 15 is 0 Å². The lowest BCUT2D eigenvalue weighted by Gasteiger charge is -2.21. The van der Waals surface area contributed by atoms with Crippen LogP contribution in [-0.4, -0.2) is 35.2 Å². The molecule has 0 aliphatic carbocycles. The summed E-state index contributed by atoms with van der Waals surface area (Å²) < 4.78 is 10.2. The third-order valence-electron chi connectivity index (χ3n) is 3.10. The zero-order valence-corrected chi connectivity index (χ0v) is 12.5. The van der Waals surface area contributed by atoms with Crippen molar-refractivity contribution in [1.29, 1.82) is 0 Å². The van der Waals surface area contributed by atoms with E-state index in [2.05, 4.69) is 5.32 Å². The van der Waals surface area contributed by atoms with Crippen LogP contribution in [0.2, 0.25) is 0 Å². The van der Waals surface area contributed by atoms with E-state index in [1.165, 1.54) is 19.3 Å². The van der Waals surface area contributed by atoms with Gasteiger partial charge in [0.1, 0.15) is 17.1 Å². The molecule has 23 heavy (non-hydrogen) atoms. The molecule has 0 aliphatic heterocycles. The summed E-state index contributed by atoms with van der Waals surface area (Å²) in [6.07, 6.45) is 1.44. The molecule has 3 N–H and O–H groups in total. The first kappa shape index (κ1) is 16.6. The van der Waals surface area contributed by atoms with Crippen molar-refractivity contribution in [2.45, 2.75) is 12.5 Å². The molecule has 122 valence electrons. The molecule has 7 nitrogen and oxygen atoms in total. The smallest absolute Gasteiger partial charge is 0.341 e. The number of carboxylic acids is 1. The van der Waals surface area contributed by atoms with E-state index in [0.717, 1.165) is 0 Å². The molecule has 0 aliphatic rings. The number of rotatable bonds is 7. The molecule has 1 amide bonds. The number of amides is 1. The van der Waals surface area contributed by atoms with Crippen LogP contribution in [0.3, 0.4) is 0 Å². The molecule has 2 rings (SSSR count). The van der Waals surface area contributed by atoms with Crippen LogP contribution in [0.1, 0.15) is 23.0 Å². The van der Waals surface area contributed by atoms with Gasteiger partial charge in [0.05, 0.1) is 12.8 Å². The molecular formula is C16H17NO6. The van der Waals surface area contributed by atoms with Crippen molar-refractivity contribution in [3.05, 3.63) is 54.0 Å². The highest BCUT2D eigenvalue weighted by molar-refractivity contribution is 5.94. The molecule has 0 saturated heterocycles. The quantitative estimate of drug-likeness (QED) is 0.711. The van der Waals surface area contributed by atoms with Gasteiger partial charge in [-0.05, 0) is 37.3 Å². The zero-order chi connectivity index (χ0) is 16.9. The lowest BCUT2D eigenvalue weighted by molar-refractivity contribution is -0.139. The van der Waals surface area contributed by atoms with E-state index in [4.69, 9.17) is 14.3 Å². The highest BCUT2D eigenvalue weighted by Crippen LogP contribution is 2.20. The lowest BCUT2D eigenvalue weighted by Crippen LogP contribution is -2.38. The number of ether oxygens (including phenoxy) is 1. The maximum Gasteiger partial charge on any atom is 0.341 e. The van der Waals surface area contributed by atoms with Crippen LogP contribution < -0.4 is 10.1 Å². The van der Waals surface area contributed by atoms with Crippen LogP contribution >= 0.6 is 0 Å². The topological polar surface area (TPSA) is 109 Å². The number of nitrogens with one attached hydrogen (secondary N) is 1. The van der Waals surface area contributed by atoms with Crippen LogP contribution in [-0.2, 0) is 10.4 Å². The summed E-state index contributed by atoms with van der Waals surface area (Å²) in [4.78, 5) is 22.6. The summed E-state index contributed by atoms with van der Waals surface area (Å²) >= 11 is 0. The zero-order valence-electron chi connectivity index (χ0n) is 12.5. The molecule has 1 aromatic carbocycles. The number of aliphatic hydroxyl groups is 1. The maximum absolute atomic E-state index is 12.1. The maximum atomic E-state index is 12.1. The van der Waals surface area contributed by atoms with Gasteiger partial charge in [-0.1, -0.05) is 6.07 Å². The van der Waals surface area contributed by atoms with Crippen molar-refractivity contribution in [3.8, 4) is 5.75 Å². The van der Waals surface area contributed by atoms with Gasteiger partial charge in [0.2, 0.25) is 0 Å². The summed E-state index contributed by atoms with van der Waals surface area (Å²) in [7, 11) is 0. The third-order valence-corrected chi connectivity index (χ3v) is 3.10. The van der Waals surface area contributed by atoms with Crippen molar-refractivity contribution in [2.75, 3.05) is 13.2 Å². The summed E-state index contributed by atoms with van der Waals surface area (Å²) in [6.45, 7) is 0.996. The molecule has 1 unspecified atom stereocenters. The van der Waals surface area contributed by atoms with E-state index in [-0.39, 0.29) is 12.3 Å². The highest BCUT2D eigenvalue weighted by Gasteiger charge is 2.27. The Morgan fingerprint density at radius 1 is 1.30 bits per heavy atom. The number of hydrogen-bond acceptors (Lipinski definition) is 5. The second-order valence-corrected chi connectivity index (χ2v) is 5.14. The van der Waals surface area contributed by atoms with Gasteiger partial charge in [-0.2, -0.15) is 0 Å². The molecule has 1 aromatic heterocycles. The second-order valence-electron chi connectivity index (χ2n) is 5.14. The van der Waals surface area contributed by atoms with Gasteiger partial charge in [0.25, 0.3) is 5.91 Å². The number of carbonyl (C=O) groups excluding carboxylic acids is 1. The summed E-state index contributed by atoms with van der Waals surface area (Å²) in [6, 6.07) is 9.39. The van der Waals surface area contributed by atoms with Crippen molar-refractivity contribution in [1.82, 2.24) is 5.32 Å². The van der Waals surface area contributed by atoms with Crippen LogP contribution in [0.25, 0.3) is 0 Å². The van der Waals surface area contributed by atoms with E-state index in [0.29, 0.717) is 11.3 Å². The summed E-state index contributed by atoms with van der Waals surface area (Å²) in [5.74, 6) is -0.902. The van der Waals surface area contributed by atoms with Gasteiger partial charge >= 0.3 is 5.97 Å². The normalized spacial score (nSPS) is 13.1. The molecule has 1 heterocycles. The van der Waals surface area contributed by atoms with Crippen LogP contribution in [0.15, 0.2) is 47.1 Å². The minimum atomic E-state index is -1.34. The van der Waals surface area contributed by atoms with Crippen molar-refractivity contribution in [3.63, 3.8) is 0 Å². The number of aliphatic carboxylic acids is 1. The van der Waals surface area contributed by atoms with Gasteiger partial charge in [-0.25, -0.2) is 4.79 Å². The van der Waals surface area contributed by atoms with Gasteiger partial charge in [-0.15, -0.1) is 0 Å². The Hall–Kier alpha value is -2.80. The number of benzene rings is 1. The monoisotopic (exact) mass is 319 g/mol. The fourth-order valence-corrected chi connectivity index (χ4v) is 1.90. The predicted octanol–water partition coefficient (Wildman–Crippen LogP) is 1.38. The Labute approximate surface area is 132 Å². The number of carbonyl (C=O) groups is 2. The Balaban J connectivity index is 1.98. The third kappa shape index (κ3) is 4.58. The predicted molar refractivity (Wildman–Crippen MR) is 80.2 cm³/mol. The van der Waals surface area contributed by atoms with Crippen LogP contribution in [0, 0.1) is 0 Å². The van der Waals surface area contributed by atoms with Gasteiger partial charge in [-0.3, -0.25) is 4.79 Å². The van der Waals surface area contributed by atoms with Crippen molar-refractivity contribution in [2.24, 2.45) is 0 Å². The SMILES string of the molecule is CC(O)(CNC(=O)c1cccc(OCC(=O)O)c1)c1ccco1. The van der Waals surface area contributed by atoms with E-state index in [1.54, 1.807) is 30.3 Å². The molecule has 2 aromatic rings. The summed E-state index contributed by atoms with van der Waals surface area (Å²) in [5, 5.41) is 21.4. The minimum absolute atomic E-state index is 0.0421. The second kappa shape index (κ2) is 6.97. The molecule has 0 bridgehead atoms. The van der Waals surface area contributed by atoms with Gasteiger partial charge in [0.15, 0.2) is 6.61 Å². The minimum Gasteiger partial charge on any atom is -0.482 e. The van der Waals surface area contributed by atoms with Crippen molar-refractivity contribution >= 4 is 11.9 Å². The molecule has 0 fully saturated rings. The number of carboxylic acid groups (broad SMARTS) is 1. The highest BCUT2D eigenvalue weighted by atomic mass is 16.5. The van der Waals surface area contributed by atoms with Crippen molar-refractivity contribution < 1.29 is 29.0 Å².